The van der Waals surface area contributed by atoms with Crippen molar-refractivity contribution in [2.45, 2.75) is 20.4 Å². The molecular formula is C21H21NO5. The van der Waals surface area contributed by atoms with E-state index in [1.165, 1.54) is 20.3 Å². The van der Waals surface area contributed by atoms with Crippen LogP contribution in [0.15, 0.2) is 45.6 Å². The largest absolute Gasteiger partial charge is 0.496 e. The molecule has 0 saturated carbocycles. The third-order valence-electron chi connectivity index (χ3n) is 4.36. The van der Waals surface area contributed by atoms with Crippen LogP contribution in [0.2, 0.25) is 0 Å². The molecule has 0 aliphatic heterocycles. The van der Waals surface area contributed by atoms with E-state index >= 15 is 0 Å². The smallest absolute Gasteiger partial charge is 0.336 e. The number of amides is 1. The minimum absolute atomic E-state index is 0.173. The fourth-order valence-electron chi connectivity index (χ4n) is 3.25. The van der Waals surface area contributed by atoms with Crippen LogP contribution in [0, 0.1) is 13.8 Å². The highest BCUT2D eigenvalue weighted by molar-refractivity contribution is 6.00. The summed E-state index contributed by atoms with van der Waals surface area (Å²) in [4.78, 5) is 24.7. The molecule has 0 atom stereocenters. The number of methoxy groups -OCH3 is 2. The number of ether oxygens (including phenoxy) is 2. The van der Waals surface area contributed by atoms with Crippen molar-refractivity contribution in [3.8, 4) is 11.5 Å². The van der Waals surface area contributed by atoms with Crippen molar-refractivity contribution in [1.82, 2.24) is 5.32 Å². The zero-order valence-corrected chi connectivity index (χ0v) is 15.7. The summed E-state index contributed by atoms with van der Waals surface area (Å²) in [6.45, 7) is 4.06. The number of nitrogens with one attached hydrogen (secondary N) is 1. The second-order valence-corrected chi connectivity index (χ2v) is 6.27. The summed E-state index contributed by atoms with van der Waals surface area (Å²) in [6.07, 6.45) is 0. The first-order valence-electron chi connectivity index (χ1n) is 8.47. The van der Waals surface area contributed by atoms with Crippen LogP contribution < -0.4 is 20.4 Å². The predicted octanol–water partition coefficient (Wildman–Crippen LogP) is 3.36. The molecule has 0 fully saturated rings. The first-order chi connectivity index (χ1) is 12.9. The molecule has 1 heterocycles. The van der Waals surface area contributed by atoms with E-state index in [4.69, 9.17) is 13.9 Å². The van der Waals surface area contributed by atoms with Crippen LogP contribution in [0.25, 0.3) is 11.0 Å². The number of benzene rings is 2. The minimum atomic E-state index is -0.452. The summed E-state index contributed by atoms with van der Waals surface area (Å²) in [5, 5.41) is 3.67. The molecule has 1 amide bonds. The highest BCUT2D eigenvalue weighted by Crippen LogP contribution is 2.28. The van der Waals surface area contributed by atoms with Gasteiger partial charge in [0.25, 0.3) is 5.91 Å². The van der Waals surface area contributed by atoms with Crippen LogP contribution in [-0.4, -0.2) is 20.1 Å². The Balaban J connectivity index is 1.97. The Bertz CT molecular complexity index is 1050. The molecular weight excluding hydrogens is 346 g/mol. The van der Waals surface area contributed by atoms with Gasteiger partial charge in [-0.05, 0) is 48.7 Å². The Morgan fingerprint density at radius 2 is 1.74 bits per heavy atom. The second kappa shape index (κ2) is 7.53. The number of carbonyl (C=O) groups is 1. The normalized spacial score (nSPS) is 10.7. The molecule has 3 rings (SSSR count). The molecule has 2 aromatic carbocycles. The van der Waals surface area contributed by atoms with Gasteiger partial charge in [-0.3, -0.25) is 4.79 Å². The van der Waals surface area contributed by atoms with Crippen molar-refractivity contribution in [3.63, 3.8) is 0 Å². The van der Waals surface area contributed by atoms with Gasteiger partial charge in [0.2, 0.25) is 0 Å². The summed E-state index contributed by atoms with van der Waals surface area (Å²) >= 11 is 0. The summed E-state index contributed by atoms with van der Waals surface area (Å²) < 4.78 is 15.9. The molecule has 1 aromatic heterocycles. The number of hydrogen-bond acceptors (Lipinski definition) is 5. The lowest BCUT2D eigenvalue weighted by molar-refractivity contribution is 0.0944. The van der Waals surface area contributed by atoms with Gasteiger partial charge in [0.15, 0.2) is 0 Å². The van der Waals surface area contributed by atoms with Gasteiger partial charge >= 0.3 is 5.63 Å². The summed E-state index contributed by atoms with van der Waals surface area (Å²) in [5.41, 5.74) is 3.05. The Kier molecular flexibility index (Phi) is 5.16. The molecule has 6 heteroatoms. The summed E-state index contributed by atoms with van der Waals surface area (Å²) in [6, 6.07) is 10.4. The van der Waals surface area contributed by atoms with Crippen molar-refractivity contribution in [2.24, 2.45) is 0 Å². The van der Waals surface area contributed by atoms with Gasteiger partial charge in [-0.2, -0.15) is 0 Å². The molecule has 0 spiro atoms. The lowest BCUT2D eigenvalue weighted by Crippen LogP contribution is -2.24. The van der Waals surface area contributed by atoms with E-state index in [2.05, 4.69) is 5.32 Å². The fourth-order valence-corrected chi connectivity index (χ4v) is 3.25. The zero-order valence-electron chi connectivity index (χ0n) is 15.7. The number of fused-ring (bicyclic) bond motifs is 1. The fraction of sp³-hybridized carbons (Fsp3) is 0.238. The molecule has 27 heavy (non-hydrogen) atoms. The summed E-state index contributed by atoms with van der Waals surface area (Å²) in [7, 11) is 2.99. The standard InChI is InChI=1S/C21H21NO5/c1-12-8-13(2)19-14(10-18(23)27-17(19)9-12)11-22-21(24)20-15(25-3)6-5-7-16(20)26-4/h5-10H,11H2,1-4H3,(H,22,24). The third-order valence-corrected chi connectivity index (χ3v) is 4.36. The molecule has 0 radical (unpaired) electrons. The van der Waals surface area contributed by atoms with E-state index in [1.807, 2.05) is 26.0 Å². The summed E-state index contributed by atoms with van der Waals surface area (Å²) in [5.74, 6) is 0.475. The van der Waals surface area contributed by atoms with Gasteiger partial charge < -0.3 is 19.2 Å². The first kappa shape index (κ1) is 18.5. The van der Waals surface area contributed by atoms with E-state index in [1.54, 1.807) is 18.2 Å². The van der Waals surface area contributed by atoms with Gasteiger partial charge in [-0.1, -0.05) is 12.1 Å². The van der Waals surface area contributed by atoms with Crippen molar-refractivity contribution in [3.05, 3.63) is 69.1 Å². The third kappa shape index (κ3) is 3.65. The Hall–Kier alpha value is -3.28. The minimum Gasteiger partial charge on any atom is -0.496 e. The van der Waals surface area contributed by atoms with Crippen molar-refractivity contribution < 1.29 is 18.7 Å². The lowest BCUT2D eigenvalue weighted by Gasteiger charge is -2.14. The van der Waals surface area contributed by atoms with E-state index in [9.17, 15) is 9.59 Å². The highest BCUT2D eigenvalue weighted by atomic mass is 16.5. The Morgan fingerprint density at radius 3 is 2.37 bits per heavy atom. The topological polar surface area (TPSA) is 77.8 Å². The second-order valence-electron chi connectivity index (χ2n) is 6.27. The van der Waals surface area contributed by atoms with Gasteiger partial charge in [0.05, 0.1) is 14.2 Å². The van der Waals surface area contributed by atoms with Gasteiger partial charge in [0.1, 0.15) is 22.6 Å². The molecule has 0 saturated heterocycles. The van der Waals surface area contributed by atoms with Gasteiger partial charge in [-0.15, -0.1) is 0 Å². The lowest BCUT2D eigenvalue weighted by atomic mass is 10.0. The molecule has 0 bridgehead atoms. The molecule has 0 unspecified atom stereocenters. The molecule has 0 aliphatic carbocycles. The quantitative estimate of drug-likeness (QED) is 0.700. The maximum absolute atomic E-state index is 12.8. The van der Waals surface area contributed by atoms with Crippen molar-refractivity contribution >= 4 is 16.9 Å². The van der Waals surface area contributed by atoms with Crippen LogP contribution in [0.1, 0.15) is 27.0 Å². The van der Waals surface area contributed by atoms with Gasteiger partial charge in [-0.25, -0.2) is 4.79 Å². The predicted molar refractivity (Wildman–Crippen MR) is 103 cm³/mol. The molecule has 0 aliphatic rings. The van der Waals surface area contributed by atoms with Crippen LogP contribution in [-0.2, 0) is 6.54 Å². The van der Waals surface area contributed by atoms with E-state index in [0.717, 1.165) is 16.5 Å². The van der Waals surface area contributed by atoms with Crippen LogP contribution in [0.4, 0.5) is 0 Å². The van der Waals surface area contributed by atoms with Crippen molar-refractivity contribution in [2.75, 3.05) is 14.2 Å². The van der Waals surface area contributed by atoms with Crippen LogP contribution >= 0.6 is 0 Å². The van der Waals surface area contributed by atoms with Crippen LogP contribution in [0.3, 0.4) is 0 Å². The van der Waals surface area contributed by atoms with E-state index in [0.29, 0.717) is 28.2 Å². The van der Waals surface area contributed by atoms with Gasteiger partial charge in [0, 0.05) is 18.0 Å². The van der Waals surface area contributed by atoms with E-state index < -0.39 is 5.63 Å². The number of aryl methyl sites for hydroxylation is 2. The number of carbonyl (C=O) groups excluding carboxylic acids is 1. The van der Waals surface area contributed by atoms with Crippen LogP contribution in [0.5, 0.6) is 11.5 Å². The highest BCUT2D eigenvalue weighted by Gasteiger charge is 2.18. The Morgan fingerprint density at radius 1 is 1.07 bits per heavy atom. The number of hydrogen-bond donors (Lipinski definition) is 1. The maximum atomic E-state index is 12.8. The average molecular weight is 367 g/mol. The van der Waals surface area contributed by atoms with Crippen molar-refractivity contribution in [1.29, 1.82) is 0 Å². The molecule has 140 valence electrons. The zero-order chi connectivity index (χ0) is 19.6. The maximum Gasteiger partial charge on any atom is 0.336 e. The Labute approximate surface area is 156 Å². The monoisotopic (exact) mass is 367 g/mol. The molecule has 3 aromatic rings. The number of rotatable bonds is 5. The molecule has 6 nitrogen and oxygen atoms in total. The van der Waals surface area contributed by atoms with E-state index in [-0.39, 0.29) is 12.5 Å². The first-order valence-corrected chi connectivity index (χ1v) is 8.47. The SMILES string of the molecule is COc1cccc(OC)c1C(=O)NCc1cc(=O)oc2cc(C)cc(C)c12. The molecule has 1 N–H and O–H groups in total. The average Bonchev–Trinajstić information content (AvgIpc) is 2.64.